The SMILES string of the molecule is c1ccc(N(c2ccc3c(c2)oc2ccccc23)c2ccc3c(c2)c2cccc4c5cc6c(cc5n3c24)c2cccc3c4ccccc4n6c32)cc1. The molecule has 0 amide bonds. The molecule has 0 spiro atoms. The summed E-state index contributed by atoms with van der Waals surface area (Å²) in [7, 11) is 0. The molecule has 0 saturated heterocycles. The van der Waals surface area contributed by atoms with Crippen molar-refractivity contribution in [3.8, 4) is 0 Å². The summed E-state index contributed by atoms with van der Waals surface area (Å²) in [6.07, 6.45) is 0. The molecule has 0 fully saturated rings. The minimum absolute atomic E-state index is 0.885. The van der Waals surface area contributed by atoms with Gasteiger partial charge >= 0.3 is 0 Å². The van der Waals surface area contributed by atoms with Crippen molar-refractivity contribution >= 4 is 115 Å². The van der Waals surface area contributed by atoms with Crippen molar-refractivity contribution in [2.45, 2.75) is 0 Å². The van der Waals surface area contributed by atoms with Crippen molar-refractivity contribution in [3.63, 3.8) is 0 Å². The number of aromatic nitrogens is 2. The van der Waals surface area contributed by atoms with Crippen LogP contribution in [0.15, 0.2) is 168 Å². The lowest BCUT2D eigenvalue weighted by atomic mass is 10.0. The molecule has 0 radical (unpaired) electrons. The van der Waals surface area contributed by atoms with Crippen LogP contribution < -0.4 is 4.90 Å². The molecule has 240 valence electrons. The maximum atomic E-state index is 6.36. The topological polar surface area (TPSA) is 25.2 Å². The zero-order chi connectivity index (χ0) is 33.7. The normalized spacial score (nSPS) is 12.6. The highest BCUT2D eigenvalue weighted by molar-refractivity contribution is 6.29. The van der Waals surface area contributed by atoms with Crippen molar-refractivity contribution < 1.29 is 4.42 Å². The molecule has 0 N–H and O–H groups in total. The largest absolute Gasteiger partial charge is 0.456 e. The van der Waals surface area contributed by atoms with Gasteiger partial charge in [0.2, 0.25) is 0 Å². The molecule has 0 bridgehead atoms. The van der Waals surface area contributed by atoms with E-state index >= 15 is 0 Å². The number of nitrogens with zero attached hydrogens (tertiary/aromatic N) is 3. The summed E-state index contributed by atoms with van der Waals surface area (Å²) in [5.74, 6) is 0. The Bertz CT molecular complexity index is 3590. The Balaban J connectivity index is 1.08. The number of para-hydroxylation sites is 5. The number of benzene rings is 8. The minimum Gasteiger partial charge on any atom is -0.456 e. The number of anilines is 3. The summed E-state index contributed by atoms with van der Waals surface area (Å²) in [4.78, 5) is 2.34. The molecule has 8 aromatic carbocycles. The third-order valence-electron chi connectivity index (χ3n) is 11.5. The second-order valence-corrected chi connectivity index (χ2v) is 14.1. The van der Waals surface area contributed by atoms with Crippen LogP contribution in [0, 0.1) is 0 Å². The smallest absolute Gasteiger partial charge is 0.137 e. The van der Waals surface area contributed by atoms with Crippen molar-refractivity contribution in [1.29, 1.82) is 0 Å². The number of hydrogen-bond acceptors (Lipinski definition) is 2. The van der Waals surface area contributed by atoms with Crippen molar-refractivity contribution in [2.75, 3.05) is 4.90 Å². The Kier molecular flexibility index (Phi) is 4.83. The minimum atomic E-state index is 0.885. The van der Waals surface area contributed by atoms with Gasteiger partial charge in [-0.1, -0.05) is 91.0 Å². The van der Waals surface area contributed by atoms with Crippen molar-refractivity contribution in [1.82, 2.24) is 8.80 Å². The lowest BCUT2D eigenvalue weighted by Gasteiger charge is -2.25. The summed E-state index contributed by atoms with van der Waals surface area (Å²) >= 11 is 0. The van der Waals surface area contributed by atoms with E-state index in [-0.39, 0.29) is 0 Å². The van der Waals surface area contributed by atoms with Crippen LogP contribution in [0.3, 0.4) is 0 Å². The lowest BCUT2D eigenvalue weighted by molar-refractivity contribution is 0.669. The van der Waals surface area contributed by atoms with E-state index < -0.39 is 0 Å². The van der Waals surface area contributed by atoms with Crippen LogP contribution in [0.4, 0.5) is 17.1 Å². The Morgan fingerprint density at radius 3 is 1.56 bits per heavy atom. The molecular formula is C48H27N3O. The van der Waals surface area contributed by atoms with Crippen molar-refractivity contribution in [2.24, 2.45) is 0 Å². The fourth-order valence-electron chi connectivity index (χ4n) is 9.41. The first-order chi connectivity index (χ1) is 25.8. The highest BCUT2D eigenvalue weighted by atomic mass is 16.3. The maximum Gasteiger partial charge on any atom is 0.137 e. The van der Waals surface area contributed by atoms with E-state index in [0.29, 0.717) is 0 Å². The van der Waals surface area contributed by atoms with E-state index in [2.05, 4.69) is 165 Å². The van der Waals surface area contributed by atoms with Gasteiger partial charge in [0.15, 0.2) is 0 Å². The van der Waals surface area contributed by atoms with Crippen LogP contribution in [0.5, 0.6) is 0 Å². The highest BCUT2D eigenvalue weighted by Crippen LogP contribution is 2.46. The van der Waals surface area contributed by atoms with E-state index in [1.54, 1.807) is 0 Å². The Labute approximate surface area is 296 Å². The van der Waals surface area contributed by atoms with Gasteiger partial charge in [-0.2, -0.15) is 0 Å². The van der Waals surface area contributed by atoms with Gasteiger partial charge in [0, 0.05) is 77.0 Å². The third kappa shape index (κ3) is 3.23. The summed E-state index contributed by atoms with van der Waals surface area (Å²) < 4.78 is 11.3. The molecule has 52 heavy (non-hydrogen) atoms. The van der Waals surface area contributed by atoms with Crippen LogP contribution in [0.25, 0.3) is 98.1 Å². The van der Waals surface area contributed by atoms with Gasteiger partial charge in [0.05, 0.1) is 33.1 Å². The van der Waals surface area contributed by atoms with E-state index in [9.17, 15) is 0 Å². The van der Waals surface area contributed by atoms with Gasteiger partial charge in [-0.25, -0.2) is 0 Å². The first-order valence-electron chi connectivity index (χ1n) is 17.9. The first kappa shape index (κ1) is 26.8. The summed E-state index contributed by atoms with van der Waals surface area (Å²) in [5.41, 5.74) is 12.6. The van der Waals surface area contributed by atoms with Crippen LogP contribution >= 0.6 is 0 Å². The number of hydrogen-bond donors (Lipinski definition) is 0. The Hall–Kier alpha value is -7.04. The molecule has 5 heterocycles. The van der Waals surface area contributed by atoms with Gasteiger partial charge in [0.1, 0.15) is 11.2 Å². The quantitative estimate of drug-likeness (QED) is 0.188. The predicted molar refractivity (Wildman–Crippen MR) is 218 cm³/mol. The molecule has 0 aliphatic heterocycles. The van der Waals surface area contributed by atoms with Crippen LogP contribution in [0.1, 0.15) is 0 Å². The van der Waals surface area contributed by atoms with Crippen LogP contribution in [-0.2, 0) is 0 Å². The van der Waals surface area contributed by atoms with E-state index in [0.717, 1.165) is 39.0 Å². The highest BCUT2D eigenvalue weighted by Gasteiger charge is 2.23. The molecule has 5 aromatic heterocycles. The number of furan rings is 1. The molecule has 4 nitrogen and oxygen atoms in total. The molecule has 13 rings (SSSR count). The van der Waals surface area contributed by atoms with Gasteiger partial charge in [0.25, 0.3) is 0 Å². The molecule has 4 heteroatoms. The summed E-state index contributed by atoms with van der Waals surface area (Å²) in [6, 6.07) is 59.6. The zero-order valence-corrected chi connectivity index (χ0v) is 27.8. The predicted octanol–water partition coefficient (Wildman–Crippen LogP) is 13.4. The fourth-order valence-corrected chi connectivity index (χ4v) is 9.41. The second-order valence-electron chi connectivity index (χ2n) is 14.1. The molecule has 0 saturated carbocycles. The average Bonchev–Trinajstić information content (AvgIpc) is 3.99. The van der Waals surface area contributed by atoms with E-state index in [1.807, 2.05) is 12.1 Å². The zero-order valence-electron chi connectivity index (χ0n) is 27.8. The van der Waals surface area contributed by atoms with Gasteiger partial charge in [-0.3, -0.25) is 0 Å². The van der Waals surface area contributed by atoms with Gasteiger partial charge in [-0.15, -0.1) is 0 Å². The Morgan fingerprint density at radius 1 is 0.308 bits per heavy atom. The monoisotopic (exact) mass is 661 g/mol. The molecule has 0 unspecified atom stereocenters. The number of rotatable bonds is 3. The fraction of sp³-hybridized carbons (Fsp3) is 0. The molecule has 0 atom stereocenters. The first-order valence-corrected chi connectivity index (χ1v) is 17.9. The van der Waals surface area contributed by atoms with Crippen LogP contribution in [0.2, 0.25) is 0 Å². The summed E-state index contributed by atoms with van der Waals surface area (Å²) in [6.45, 7) is 0. The maximum absolute atomic E-state index is 6.36. The molecular weight excluding hydrogens is 635 g/mol. The van der Waals surface area contributed by atoms with Crippen LogP contribution in [-0.4, -0.2) is 8.80 Å². The molecule has 0 aliphatic carbocycles. The standard InChI is InChI=1S/C48H27N3O/c1-2-10-28(11-3-1)49(30-20-22-33-32-13-5-7-19-45(32)52-46(33)25-30)29-21-23-42-38(24-29)35-15-9-17-37-40-26-43-39(27-44(40)51(42)48(35)37)36-16-8-14-34-31-12-4-6-18-41(31)50(43)47(34)36/h1-27H. The average molecular weight is 662 g/mol. The van der Waals surface area contributed by atoms with Gasteiger partial charge in [-0.05, 0) is 66.7 Å². The second kappa shape index (κ2) is 9.39. The van der Waals surface area contributed by atoms with Crippen molar-refractivity contribution in [3.05, 3.63) is 164 Å². The van der Waals surface area contributed by atoms with Gasteiger partial charge < -0.3 is 18.1 Å². The van der Waals surface area contributed by atoms with E-state index in [4.69, 9.17) is 4.42 Å². The number of fused-ring (bicyclic) bond motifs is 15. The summed E-state index contributed by atoms with van der Waals surface area (Å²) in [5, 5.41) is 12.6. The van der Waals surface area contributed by atoms with E-state index in [1.165, 1.54) is 76.2 Å². The lowest BCUT2D eigenvalue weighted by Crippen LogP contribution is -2.09. The third-order valence-corrected chi connectivity index (χ3v) is 11.5. The Morgan fingerprint density at radius 2 is 0.827 bits per heavy atom. The molecule has 0 aliphatic rings. The molecule has 13 aromatic rings.